The minimum Gasteiger partial charge on any atom is -0.478 e. The van der Waals surface area contributed by atoms with Crippen molar-refractivity contribution in [1.29, 1.82) is 0 Å². The summed E-state index contributed by atoms with van der Waals surface area (Å²) < 4.78 is 1.97. The lowest BCUT2D eigenvalue weighted by atomic mass is 10.2. The predicted molar refractivity (Wildman–Crippen MR) is 91.8 cm³/mol. The molecule has 0 aliphatic carbocycles. The summed E-state index contributed by atoms with van der Waals surface area (Å²) in [6.07, 6.45) is 3.88. The highest BCUT2D eigenvalue weighted by Gasteiger charge is 2.05. The number of benzene rings is 2. The number of aromatic nitrogens is 1. The average Bonchev–Trinajstić information content (AvgIpc) is 3.10. The van der Waals surface area contributed by atoms with Crippen LogP contribution in [0, 0.1) is 0 Å². The SMILES string of the molecule is O=C(Nc1ccc(C(=O)O)cc1)Nc1ccc(-n2cccc2)cc1. The lowest BCUT2D eigenvalue weighted by molar-refractivity contribution is 0.0697. The molecule has 0 fully saturated rings. The Morgan fingerprint density at radius 2 is 1.29 bits per heavy atom. The van der Waals surface area contributed by atoms with E-state index in [4.69, 9.17) is 5.11 Å². The Bertz CT molecular complexity index is 838. The van der Waals surface area contributed by atoms with Gasteiger partial charge >= 0.3 is 12.0 Å². The molecule has 0 aliphatic heterocycles. The fourth-order valence-corrected chi connectivity index (χ4v) is 2.21. The summed E-state index contributed by atoms with van der Waals surface area (Å²) in [7, 11) is 0. The number of rotatable bonds is 4. The molecular formula is C18H15N3O3. The van der Waals surface area contributed by atoms with Gasteiger partial charge in [0.2, 0.25) is 0 Å². The van der Waals surface area contributed by atoms with Gasteiger partial charge in [-0.25, -0.2) is 9.59 Å². The van der Waals surface area contributed by atoms with Crippen molar-refractivity contribution in [1.82, 2.24) is 4.57 Å². The molecule has 1 heterocycles. The first kappa shape index (κ1) is 15.4. The number of carboxylic acid groups (broad SMARTS) is 1. The molecule has 0 bridgehead atoms. The van der Waals surface area contributed by atoms with Gasteiger partial charge in [-0.1, -0.05) is 0 Å². The summed E-state index contributed by atoms with van der Waals surface area (Å²) in [4.78, 5) is 22.8. The molecule has 6 heteroatoms. The Labute approximate surface area is 138 Å². The van der Waals surface area contributed by atoms with Gasteiger partial charge in [0.15, 0.2) is 0 Å². The van der Waals surface area contributed by atoms with Crippen molar-refractivity contribution in [3.63, 3.8) is 0 Å². The van der Waals surface area contributed by atoms with Gasteiger partial charge in [-0.15, -0.1) is 0 Å². The highest BCUT2D eigenvalue weighted by Crippen LogP contribution is 2.15. The predicted octanol–water partition coefficient (Wildman–Crippen LogP) is 3.82. The highest BCUT2D eigenvalue weighted by molar-refractivity contribution is 6.00. The van der Waals surface area contributed by atoms with Crippen LogP contribution in [0.3, 0.4) is 0 Å². The van der Waals surface area contributed by atoms with Gasteiger partial charge in [-0.3, -0.25) is 0 Å². The molecule has 3 rings (SSSR count). The molecule has 6 nitrogen and oxygen atoms in total. The Kier molecular flexibility index (Phi) is 4.29. The van der Waals surface area contributed by atoms with Crippen LogP contribution in [0.4, 0.5) is 16.2 Å². The molecule has 1 aromatic heterocycles. The van der Waals surface area contributed by atoms with Crippen LogP contribution in [-0.4, -0.2) is 21.7 Å². The van der Waals surface area contributed by atoms with Crippen LogP contribution in [0.5, 0.6) is 0 Å². The van der Waals surface area contributed by atoms with Crippen LogP contribution in [0.15, 0.2) is 73.1 Å². The summed E-state index contributed by atoms with van der Waals surface area (Å²) in [6, 6.07) is 16.8. The molecule has 2 aromatic carbocycles. The van der Waals surface area contributed by atoms with Gasteiger partial charge in [0.05, 0.1) is 5.56 Å². The molecule has 0 aliphatic rings. The molecule has 3 aromatic rings. The van der Waals surface area contributed by atoms with E-state index in [0.29, 0.717) is 11.4 Å². The second-order valence-corrected chi connectivity index (χ2v) is 5.10. The van der Waals surface area contributed by atoms with Crippen LogP contribution in [0.25, 0.3) is 5.69 Å². The Hall–Kier alpha value is -3.54. The lowest BCUT2D eigenvalue weighted by Gasteiger charge is -2.09. The van der Waals surface area contributed by atoms with Crippen molar-refractivity contribution in [2.45, 2.75) is 0 Å². The fraction of sp³-hybridized carbons (Fsp3) is 0. The molecule has 3 N–H and O–H groups in total. The molecule has 120 valence electrons. The van der Waals surface area contributed by atoms with Crippen molar-refractivity contribution in [2.75, 3.05) is 10.6 Å². The Morgan fingerprint density at radius 1 is 0.792 bits per heavy atom. The third-order valence-corrected chi connectivity index (χ3v) is 3.42. The maximum absolute atomic E-state index is 12.0. The van der Waals surface area contributed by atoms with Gasteiger partial charge in [-0.05, 0) is 60.7 Å². The summed E-state index contributed by atoms with van der Waals surface area (Å²) in [6.45, 7) is 0. The van der Waals surface area contributed by atoms with Crippen LogP contribution < -0.4 is 10.6 Å². The second-order valence-electron chi connectivity index (χ2n) is 5.10. The normalized spacial score (nSPS) is 10.2. The zero-order valence-corrected chi connectivity index (χ0v) is 12.6. The van der Waals surface area contributed by atoms with Crippen LogP contribution >= 0.6 is 0 Å². The zero-order chi connectivity index (χ0) is 16.9. The summed E-state index contributed by atoms with van der Waals surface area (Å²) in [5.74, 6) is -1.01. The van der Waals surface area contributed by atoms with Crippen molar-refractivity contribution in [2.24, 2.45) is 0 Å². The van der Waals surface area contributed by atoms with E-state index in [1.807, 2.05) is 53.4 Å². The standard InChI is InChI=1S/C18H15N3O3/c22-17(23)13-3-5-14(6-4-13)19-18(24)20-15-7-9-16(10-8-15)21-11-1-2-12-21/h1-12H,(H,22,23)(H2,19,20,24). The first-order valence-corrected chi connectivity index (χ1v) is 7.26. The number of carbonyl (C=O) groups excluding carboxylic acids is 1. The first-order chi connectivity index (χ1) is 11.6. The van der Waals surface area contributed by atoms with Crippen molar-refractivity contribution < 1.29 is 14.7 Å². The van der Waals surface area contributed by atoms with Crippen molar-refractivity contribution >= 4 is 23.4 Å². The molecule has 0 spiro atoms. The van der Waals surface area contributed by atoms with E-state index in [1.54, 1.807) is 0 Å². The molecule has 24 heavy (non-hydrogen) atoms. The topological polar surface area (TPSA) is 83.4 Å². The number of carboxylic acids is 1. The first-order valence-electron chi connectivity index (χ1n) is 7.26. The maximum atomic E-state index is 12.0. The third-order valence-electron chi connectivity index (χ3n) is 3.42. The summed E-state index contributed by atoms with van der Waals surface area (Å²) in [5, 5.41) is 14.2. The average molecular weight is 321 g/mol. The molecule has 0 atom stereocenters. The molecule has 0 saturated heterocycles. The number of nitrogens with zero attached hydrogens (tertiary/aromatic N) is 1. The highest BCUT2D eigenvalue weighted by atomic mass is 16.4. The van der Waals surface area contributed by atoms with E-state index in [9.17, 15) is 9.59 Å². The third kappa shape index (κ3) is 3.61. The second kappa shape index (κ2) is 6.70. The summed E-state index contributed by atoms with van der Waals surface area (Å²) in [5.41, 5.74) is 2.34. The lowest BCUT2D eigenvalue weighted by Crippen LogP contribution is -2.19. The number of hydrogen-bond donors (Lipinski definition) is 3. The number of amides is 2. The van der Waals surface area contributed by atoms with Crippen LogP contribution in [0.1, 0.15) is 10.4 Å². The van der Waals surface area contributed by atoms with Crippen LogP contribution in [-0.2, 0) is 0 Å². The van der Waals surface area contributed by atoms with E-state index in [1.165, 1.54) is 24.3 Å². The van der Waals surface area contributed by atoms with Gasteiger partial charge in [0.1, 0.15) is 0 Å². The minimum absolute atomic E-state index is 0.168. The quantitative estimate of drug-likeness (QED) is 0.683. The largest absolute Gasteiger partial charge is 0.478 e. The van der Waals surface area contributed by atoms with Gasteiger partial charge in [0, 0.05) is 29.5 Å². The van der Waals surface area contributed by atoms with Crippen molar-refractivity contribution in [3.8, 4) is 5.69 Å². The molecular weight excluding hydrogens is 306 g/mol. The molecule has 2 amide bonds. The van der Waals surface area contributed by atoms with Gasteiger partial charge in [-0.2, -0.15) is 0 Å². The number of carbonyl (C=O) groups is 2. The fourth-order valence-electron chi connectivity index (χ4n) is 2.21. The number of anilines is 2. The Morgan fingerprint density at radius 3 is 1.79 bits per heavy atom. The minimum atomic E-state index is -1.01. The van der Waals surface area contributed by atoms with Gasteiger partial charge in [0.25, 0.3) is 0 Å². The summed E-state index contributed by atoms with van der Waals surface area (Å²) >= 11 is 0. The van der Waals surface area contributed by atoms with E-state index >= 15 is 0 Å². The molecule has 0 unspecified atom stereocenters. The van der Waals surface area contributed by atoms with E-state index in [2.05, 4.69) is 10.6 Å². The van der Waals surface area contributed by atoms with Crippen molar-refractivity contribution in [3.05, 3.63) is 78.6 Å². The van der Waals surface area contributed by atoms with Crippen LogP contribution in [0.2, 0.25) is 0 Å². The Balaban J connectivity index is 1.61. The van der Waals surface area contributed by atoms with E-state index in [-0.39, 0.29) is 5.56 Å². The van der Waals surface area contributed by atoms with Gasteiger partial charge < -0.3 is 20.3 Å². The number of hydrogen-bond acceptors (Lipinski definition) is 2. The number of urea groups is 1. The molecule has 0 radical (unpaired) electrons. The molecule has 0 saturated carbocycles. The maximum Gasteiger partial charge on any atom is 0.335 e. The monoisotopic (exact) mass is 321 g/mol. The number of aromatic carboxylic acids is 1. The van der Waals surface area contributed by atoms with E-state index in [0.717, 1.165) is 5.69 Å². The van der Waals surface area contributed by atoms with E-state index < -0.39 is 12.0 Å². The smallest absolute Gasteiger partial charge is 0.335 e. The zero-order valence-electron chi connectivity index (χ0n) is 12.6. The number of nitrogens with one attached hydrogen (secondary N) is 2.